The van der Waals surface area contributed by atoms with E-state index in [1.54, 1.807) is 6.08 Å². The second-order valence-electron chi connectivity index (χ2n) is 3.27. The molecule has 18 heavy (non-hydrogen) atoms. The molecule has 0 aromatic heterocycles. The summed E-state index contributed by atoms with van der Waals surface area (Å²) in [6.07, 6.45) is 3.13. The third kappa shape index (κ3) is 5.27. The zero-order valence-electron chi connectivity index (χ0n) is 9.53. The third-order valence-corrected chi connectivity index (χ3v) is 2.64. The van der Waals surface area contributed by atoms with Crippen LogP contribution in [-0.4, -0.2) is 17.5 Å². The first kappa shape index (κ1) is 14.6. The van der Waals surface area contributed by atoms with E-state index in [1.165, 1.54) is 19.1 Å². The van der Waals surface area contributed by atoms with E-state index in [0.29, 0.717) is 11.3 Å². The molecule has 1 rings (SSSR count). The molecule has 0 fully saturated rings. The lowest BCUT2D eigenvalue weighted by Gasteiger charge is -2.07. The minimum Gasteiger partial charge on any atom is -0.434 e. The van der Waals surface area contributed by atoms with E-state index in [4.69, 9.17) is 0 Å². The van der Waals surface area contributed by atoms with E-state index in [-0.39, 0.29) is 10.9 Å². The van der Waals surface area contributed by atoms with Crippen LogP contribution in [0.3, 0.4) is 0 Å². The van der Waals surface area contributed by atoms with Crippen molar-refractivity contribution in [2.45, 2.75) is 13.5 Å². The van der Waals surface area contributed by atoms with E-state index >= 15 is 0 Å². The van der Waals surface area contributed by atoms with Crippen LogP contribution in [0, 0.1) is 5.82 Å². The van der Waals surface area contributed by atoms with E-state index in [9.17, 15) is 18.0 Å². The van der Waals surface area contributed by atoms with Gasteiger partial charge in [-0.25, -0.2) is 4.39 Å². The van der Waals surface area contributed by atoms with E-state index in [1.807, 2.05) is 0 Å². The lowest BCUT2D eigenvalue weighted by Crippen LogP contribution is -2.03. The highest BCUT2D eigenvalue weighted by atomic mass is 32.2. The number of rotatable bonds is 5. The van der Waals surface area contributed by atoms with Crippen molar-refractivity contribution in [1.29, 1.82) is 0 Å². The normalized spacial score (nSPS) is 11.2. The Morgan fingerprint density at radius 2 is 2.22 bits per heavy atom. The van der Waals surface area contributed by atoms with Crippen molar-refractivity contribution in [3.05, 3.63) is 35.7 Å². The molecule has 0 spiro atoms. The van der Waals surface area contributed by atoms with Crippen LogP contribution in [0.2, 0.25) is 0 Å². The minimum absolute atomic E-state index is 0.0391. The van der Waals surface area contributed by atoms with Crippen LogP contribution in [0.25, 0.3) is 6.08 Å². The summed E-state index contributed by atoms with van der Waals surface area (Å²) in [4.78, 5) is 10.7. The fourth-order valence-electron chi connectivity index (χ4n) is 1.18. The number of thioether (sulfide) groups is 1. The zero-order chi connectivity index (χ0) is 13.5. The molecule has 0 aliphatic rings. The summed E-state index contributed by atoms with van der Waals surface area (Å²) in [6.45, 7) is -1.58. The lowest BCUT2D eigenvalue weighted by molar-refractivity contribution is -0.109. The van der Waals surface area contributed by atoms with Crippen LogP contribution in [0.5, 0.6) is 5.75 Å². The fraction of sp³-hybridized carbons (Fsp3) is 0.250. The predicted molar refractivity (Wildman–Crippen MR) is 65.2 cm³/mol. The predicted octanol–water partition coefficient (Wildman–Crippen LogP) is 3.72. The number of ether oxygens (including phenoxy) is 1. The quantitative estimate of drug-likeness (QED) is 0.820. The molecule has 0 saturated heterocycles. The Labute approximate surface area is 107 Å². The van der Waals surface area contributed by atoms with Gasteiger partial charge in [0.05, 0.1) is 0 Å². The van der Waals surface area contributed by atoms with Gasteiger partial charge < -0.3 is 4.74 Å². The lowest BCUT2D eigenvalue weighted by atomic mass is 10.2. The first-order valence-electron chi connectivity index (χ1n) is 5.03. The van der Waals surface area contributed by atoms with Crippen LogP contribution in [-0.2, 0) is 4.79 Å². The summed E-state index contributed by atoms with van der Waals surface area (Å²) in [5, 5.41) is -0.0391. The highest BCUT2D eigenvalue weighted by Gasteiger charge is 2.09. The molecule has 0 bridgehead atoms. The second kappa shape index (κ2) is 7.10. The van der Waals surface area contributed by atoms with Crippen molar-refractivity contribution in [1.82, 2.24) is 0 Å². The highest BCUT2D eigenvalue weighted by Crippen LogP contribution is 2.23. The number of carbonyl (C=O) groups is 1. The second-order valence-corrected chi connectivity index (χ2v) is 4.46. The van der Waals surface area contributed by atoms with Crippen LogP contribution in [0.1, 0.15) is 12.5 Å². The molecule has 1 aromatic carbocycles. The molecule has 0 aliphatic carbocycles. The molecule has 0 unspecified atom stereocenters. The van der Waals surface area contributed by atoms with E-state index in [0.717, 1.165) is 23.9 Å². The Bertz CT molecular complexity index is 447. The molecular formula is C12H11F3O2S. The van der Waals surface area contributed by atoms with Crippen LogP contribution >= 0.6 is 11.8 Å². The Hall–Kier alpha value is -1.43. The first-order chi connectivity index (χ1) is 8.49. The maximum atomic E-state index is 12.9. The third-order valence-electron chi connectivity index (χ3n) is 1.87. The number of halogens is 3. The van der Waals surface area contributed by atoms with Crippen LogP contribution < -0.4 is 4.74 Å². The fourth-order valence-corrected chi connectivity index (χ4v) is 1.61. The standard InChI is InChI=1S/C12H11F3O2S/c1-8(16)18-6-2-3-9-4-5-10(13)7-11(9)17-12(14)15/h2-5,7,12H,6H2,1H3. The number of hydrogen-bond donors (Lipinski definition) is 0. The first-order valence-corrected chi connectivity index (χ1v) is 6.02. The molecule has 0 heterocycles. The average molecular weight is 276 g/mol. The van der Waals surface area contributed by atoms with Gasteiger partial charge in [0.2, 0.25) is 0 Å². The van der Waals surface area contributed by atoms with Crippen molar-refractivity contribution in [3.63, 3.8) is 0 Å². The molecule has 0 radical (unpaired) electrons. The molecule has 0 N–H and O–H groups in total. The Balaban J connectivity index is 2.77. The van der Waals surface area contributed by atoms with Crippen molar-refractivity contribution >= 4 is 23.0 Å². The van der Waals surface area contributed by atoms with Crippen LogP contribution in [0.15, 0.2) is 24.3 Å². The smallest absolute Gasteiger partial charge is 0.387 e. The van der Waals surface area contributed by atoms with Crippen molar-refractivity contribution in [3.8, 4) is 5.75 Å². The van der Waals surface area contributed by atoms with Gasteiger partial charge in [-0.3, -0.25) is 4.79 Å². The summed E-state index contributed by atoms with van der Waals surface area (Å²) >= 11 is 1.08. The van der Waals surface area contributed by atoms with E-state index in [2.05, 4.69) is 4.74 Å². The van der Waals surface area contributed by atoms with Gasteiger partial charge in [0, 0.05) is 24.3 Å². The average Bonchev–Trinajstić information content (AvgIpc) is 2.25. The Morgan fingerprint density at radius 1 is 1.50 bits per heavy atom. The maximum absolute atomic E-state index is 12.9. The summed E-state index contributed by atoms with van der Waals surface area (Å²) in [7, 11) is 0. The molecule has 0 amide bonds. The number of alkyl halides is 2. The summed E-state index contributed by atoms with van der Waals surface area (Å²) < 4.78 is 41.3. The van der Waals surface area contributed by atoms with Gasteiger partial charge in [0.25, 0.3) is 0 Å². The highest BCUT2D eigenvalue weighted by molar-refractivity contribution is 8.13. The largest absolute Gasteiger partial charge is 0.434 e. The van der Waals surface area contributed by atoms with E-state index < -0.39 is 12.4 Å². The summed E-state index contributed by atoms with van der Waals surface area (Å²) in [5.41, 5.74) is 0.334. The SMILES string of the molecule is CC(=O)SCC=Cc1ccc(F)cc1OC(F)F. The molecule has 0 atom stereocenters. The molecular weight excluding hydrogens is 265 g/mol. The number of carbonyl (C=O) groups excluding carboxylic acids is 1. The molecule has 1 aromatic rings. The number of benzene rings is 1. The summed E-state index contributed by atoms with van der Waals surface area (Å²) in [6, 6.07) is 3.38. The van der Waals surface area contributed by atoms with Crippen molar-refractivity contribution in [2.24, 2.45) is 0 Å². The minimum atomic E-state index is -3.01. The molecule has 6 heteroatoms. The van der Waals surface area contributed by atoms with Gasteiger partial charge >= 0.3 is 6.61 Å². The Morgan fingerprint density at radius 3 is 2.83 bits per heavy atom. The topological polar surface area (TPSA) is 26.3 Å². The summed E-state index contributed by atoms with van der Waals surface area (Å²) in [5.74, 6) is -0.462. The van der Waals surface area contributed by atoms with Crippen molar-refractivity contribution < 1.29 is 22.7 Å². The molecule has 98 valence electrons. The van der Waals surface area contributed by atoms with Crippen molar-refractivity contribution in [2.75, 3.05) is 5.75 Å². The van der Waals surface area contributed by atoms with Gasteiger partial charge in [-0.15, -0.1) is 0 Å². The monoisotopic (exact) mass is 276 g/mol. The molecule has 2 nitrogen and oxygen atoms in total. The molecule has 0 saturated carbocycles. The van der Waals surface area contributed by atoms with Crippen LogP contribution in [0.4, 0.5) is 13.2 Å². The molecule has 0 aliphatic heterocycles. The Kier molecular flexibility index (Phi) is 5.77. The van der Waals surface area contributed by atoms with Gasteiger partial charge in [-0.2, -0.15) is 8.78 Å². The van der Waals surface area contributed by atoms with Gasteiger partial charge in [-0.1, -0.05) is 23.9 Å². The van der Waals surface area contributed by atoms with Gasteiger partial charge in [0.15, 0.2) is 5.12 Å². The zero-order valence-corrected chi connectivity index (χ0v) is 10.3. The number of hydrogen-bond acceptors (Lipinski definition) is 3. The van der Waals surface area contributed by atoms with Gasteiger partial charge in [-0.05, 0) is 12.1 Å². The van der Waals surface area contributed by atoms with Gasteiger partial charge in [0.1, 0.15) is 11.6 Å². The maximum Gasteiger partial charge on any atom is 0.387 e.